The monoisotopic (exact) mass is 143 g/mol. The Labute approximate surface area is 63.0 Å². The van der Waals surface area contributed by atoms with Crippen LogP contribution in [-0.4, -0.2) is 35.8 Å². The van der Waals surface area contributed by atoms with Gasteiger partial charge in [-0.1, -0.05) is 0 Å². The fourth-order valence-corrected chi connectivity index (χ4v) is 1.41. The molecule has 1 aliphatic rings. The van der Waals surface area contributed by atoms with Gasteiger partial charge in [0.15, 0.2) is 0 Å². The van der Waals surface area contributed by atoms with Crippen LogP contribution in [0, 0.1) is 0 Å². The lowest BCUT2D eigenvalue weighted by atomic mass is 10.3. The second-order valence-corrected chi connectivity index (χ2v) is 3.25. The van der Waals surface area contributed by atoms with Crippen molar-refractivity contribution in [3.63, 3.8) is 0 Å². The molecule has 1 saturated heterocycles. The van der Waals surface area contributed by atoms with Gasteiger partial charge in [-0.3, -0.25) is 4.90 Å². The molecule has 0 aromatic heterocycles. The molecule has 3 nitrogen and oxygen atoms in total. The highest BCUT2D eigenvalue weighted by Gasteiger charge is 2.25. The van der Waals surface area contributed by atoms with Crippen LogP contribution in [-0.2, 0) is 0 Å². The molecule has 0 aromatic rings. The summed E-state index contributed by atoms with van der Waals surface area (Å²) >= 11 is 0. The zero-order chi connectivity index (χ0) is 7.72. The van der Waals surface area contributed by atoms with E-state index in [2.05, 4.69) is 43.2 Å². The minimum absolute atomic E-state index is 0.491. The molecule has 1 fully saturated rings. The Balaban J connectivity index is 2.46. The van der Waals surface area contributed by atoms with Crippen LogP contribution < -0.4 is 5.43 Å². The number of hydrogen-bond acceptors (Lipinski definition) is 3. The van der Waals surface area contributed by atoms with Crippen molar-refractivity contribution >= 4 is 0 Å². The molecule has 0 aromatic carbocycles. The van der Waals surface area contributed by atoms with Gasteiger partial charge in [0.05, 0.1) is 12.8 Å². The Hall–Kier alpha value is -0.120. The van der Waals surface area contributed by atoms with Crippen molar-refractivity contribution in [1.82, 2.24) is 15.3 Å². The number of nitrogens with zero attached hydrogens (tertiary/aromatic N) is 2. The summed E-state index contributed by atoms with van der Waals surface area (Å²) in [4.78, 5) is 2.40. The average Bonchev–Trinajstić information content (AvgIpc) is 2.10. The van der Waals surface area contributed by atoms with Crippen LogP contribution >= 0.6 is 0 Å². The third kappa shape index (κ3) is 1.48. The van der Waals surface area contributed by atoms with Gasteiger partial charge in [-0.25, -0.2) is 10.4 Å². The SMILES string of the molecule is CC(C)N1CN(C)N[C@@H]1C. The molecule has 1 rings (SSSR count). The van der Waals surface area contributed by atoms with E-state index < -0.39 is 0 Å². The molecule has 10 heavy (non-hydrogen) atoms. The Kier molecular flexibility index (Phi) is 2.28. The summed E-state index contributed by atoms with van der Waals surface area (Å²) in [5.41, 5.74) is 3.31. The second kappa shape index (κ2) is 2.86. The molecule has 3 heteroatoms. The lowest BCUT2D eigenvalue weighted by molar-refractivity contribution is 0.196. The Morgan fingerprint density at radius 2 is 2.10 bits per heavy atom. The Morgan fingerprint density at radius 3 is 2.30 bits per heavy atom. The first-order valence-electron chi connectivity index (χ1n) is 3.84. The predicted molar refractivity (Wildman–Crippen MR) is 42.2 cm³/mol. The van der Waals surface area contributed by atoms with Crippen LogP contribution in [0.5, 0.6) is 0 Å². The second-order valence-electron chi connectivity index (χ2n) is 3.25. The lowest BCUT2D eigenvalue weighted by Crippen LogP contribution is -2.37. The predicted octanol–water partition coefficient (Wildman–Crippen LogP) is 0.450. The molecule has 1 N–H and O–H groups in total. The molecule has 0 saturated carbocycles. The summed E-state index contributed by atoms with van der Waals surface area (Å²) in [6, 6.07) is 0.632. The molecule has 0 radical (unpaired) electrons. The van der Waals surface area contributed by atoms with Crippen molar-refractivity contribution in [2.45, 2.75) is 33.0 Å². The first-order chi connectivity index (χ1) is 4.61. The van der Waals surface area contributed by atoms with Gasteiger partial charge in [-0.05, 0) is 20.8 Å². The van der Waals surface area contributed by atoms with E-state index in [9.17, 15) is 0 Å². The molecule has 0 spiro atoms. The van der Waals surface area contributed by atoms with Crippen LogP contribution in [0.2, 0.25) is 0 Å². The van der Waals surface area contributed by atoms with Gasteiger partial charge in [0.1, 0.15) is 0 Å². The van der Waals surface area contributed by atoms with Crippen LogP contribution in [0.4, 0.5) is 0 Å². The maximum absolute atomic E-state index is 3.31. The van der Waals surface area contributed by atoms with Gasteiger partial charge in [-0.2, -0.15) is 0 Å². The number of rotatable bonds is 1. The Morgan fingerprint density at radius 1 is 1.50 bits per heavy atom. The first-order valence-corrected chi connectivity index (χ1v) is 3.84. The van der Waals surface area contributed by atoms with E-state index in [0.717, 1.165) is 6.67 Å². The van der Waals surface area contributed by atoms with Crippen molar-refractivity contribution in [3.05, 3.63) is 0 Å². The fraction of sp³-hybridized carbons (Fsp3) is 1.00. The van der Waals surface area contributed by atoms with E-state index in [1.54, 1.807) is 0 Å². The molecule has 0 unspecified atom stereocenters. The minimum Gasteiger partial charge on any atom is -0.270 e. The number of nitrogens with one attached hydrogen (secondary N) is 1. The van der Waals surface area contributed by atoms with Gasteiger partial charge < -0.3 is 0 Å². The summed E-state index contributed by atoms with van der Waals surface area (Å²) in [5, 5.41) is 2.12. The van der Waals surface area contributed by atoms with Crippen LogP contribution in [0.25, 0.3) is 0 Å². The van der Waals surface area contributed by atoms with Crippen LogP contribution in [0.15, 0.2) is 0 Å². The molecular weight excluding hydrogens is 126 g/mol. The van der Waals surface area contributed by atoms with Gasteiger partial charge >= 0.3 is 0 Å². The van der Waals surface area contributed by atoms with E-state index >= 15 is 0 Å². The smallest absolute Gasteiger partial charge is 0.0716 e. The van der Waals surface area contributed by atoms with Crippen LogP contribution in [0.3, 0.4) is 0 Å². The zero-order valence-electron chi connectivity index (χ0n) is 7.26. The van der Waals surface area contributed by atoms with Gasteiger partial charge in [0.2, 0.25) is 0 Å². The van der Waals surface area contributed by atoms with Crippen molar-refractivity contribution in [2.75, 3.05) is 13.7 Å². The van der Waals surface area contributed by atoms with Crippen molar-refractivity contribution < 1.29 is 0 Å². The highest BCUT2D eigenvalue weighted by molar-refractivity contribution is 4.72. The zero-order valence-corrected chi connectivity index (χ0v) is 7.26. The van der Waals surface area contributed by atoms with Gasteiger partial charge in [0, 0.05) is 13.1 Å². The highest BCUT2D eigenvalue weighted by Crippen LogP contribution is 2.08. The average molecular weight is 143 g/mol. The first kappa shape index (κ1) is 7.98. The molecule has 1 atom stereocenters. The van der Waals surface area contributed by atoms with Crippen molar-refractivity contribution in [3.8, 4) is 0 Å². The van der Waals surface area contributed by atoms with E-state index in [1.165, 1.54) is 0 Å². The van der Waals surface area contributed by atoms with Gasteiger partial charge in [-0.15, -0.1) is 0 Å². The third-order valence-corrected chi connectivity index (χ3v) is 1.94. The van der Waals surface area contributed by atoms with Crippen molar-refractivity contribution in [2.24, 2.45) is 0 Å². The summed E-state index contributed by atoms with van der Waals surface area (Å²) in [6.07, 6.45) is 0.491. The summed E-state index contributed by atoms with van der Waals surface area (Å²) in [7, 11) is 2.07. The highest BCUT2D eigenvalue weighted by atomic mass is 15.7. The molecule has 0 bridgehead atoms. The molecule has 1 heterocycles. The summed E-state index contributed by atoms with van der Waals surface area (Å²) < 4.78 is 0. The molecule has 0 aliphatic carbocycles. The minimum atomic E-state index is 0.491. The largest absolute Gasteiger partial charge is 0.270 e. The quantitative estimate of drug-likeness (QED) is 0.575. The molecule has 0 amide bonds. The van der Waals surface area contributed by atoms with E-state index in [1.807, 2.05) is 0 Å². The number of hydrazine groups is 1. The summed E-state index contributed by atoms with van der Waals surface area (Å²) in [6.45, 7) is 7.65. The topological polar surface area (TPSA) is 18.5 Å². The third-order valence-electron chi connectivity index (χ3n) is 1.94. The molecular formula is C7H17N3. The van der Waals surface area contributed by atoms with Crippen LogP contribution in [0.1, 0.15) is 20.8 Å². The molecule has 1 aliphatic heterocycles. The van der Waals surface area contributed by atoms with E-state index in [0.29, 0.717) is 12.2 Å². The summed E-state index contributed by atoms with van der Waals surface area (Å²) in [5.74, 6) is 0. The maximum Gasteiger partial charge on any atom is 0.0716 e. The van der Waals surface area contributed by atoms with E-state index in [4.69, 9.17) is 0 Å². The normalized spacial score (nSPS) is 30.3. The lowest BCUT2D eigenvalue weighted by Gasteiger charge is -2.22. The fourth-order valence-electron chi connectivity index (χ4n) is 1.41. The standard InChI is InChI=1S/C7H17N3/c1-6(2)10-5-9(4)8-7(10)3/h6-8H,5H2,1-4H3/t7-/m0/s1. The van der Waals surface area contributed by atoms with Gasteiger partial charge in [0.25, 0.3) is 0 Å². The van der Waals surface area contributed by atoms with Crippen molar-refractivity contribution in [1.29, 1.82) is 0 Å². The maximum atomic E-state index is 3.31. The molecule has 60 valence electrons. The number of hydrogen-bond donors (Lipinski definition) is 1. The Bertz CT molecular complexity index is 113. The van der Waals surface area contributed by atoms with E-state index in [-0.39, 0.29) is 0 Å².